The van der Waals surface area contributed by atoms with E-state index in [1.807, 2.05) is 23.5 Å². The summed E-state index contributed by atoms with van der Waals surface area (Å²) in [6.45, 7) is 5.58. The second-order valence-corrected chi connectivity index (χ2v) is 12.9. The van der Waals surface area contributed by atoms with Crippen LogP contribution in [0.25, 0.3) is 0 Å². The molecular weight excluding hydrogens is 464 g/mol. The third kappa shape index (κ3) is 17.1. The Morgan fingerprint density at radius 2 is 1.03 bits per heavy atom. The molecule has 4 nitrogen and oxygen atoms in total. The highest BCUT2D eigenvalue weighted by molar-refractivity contribution is 8.18. The quantitative estimate of drug-likeness (QED) is 0.0814. The topological polar surface area (TPSA) is 52.6 Å². The fourth-order valence-corrected chi connectivity index (χ4v) is 7.61. The van der Waals surface area contributed by atoms with Gasteiger partial charge in [0.05, 0.1) is 30.1 Å². The van der Waals surface area contributed by atoms with Gasteiger partial charge in [0.2, 0.25) is 0 Å². The summed E-state index contributed by atoms with van der Waals surface area (Å²) in [6, 6.07) is 0. The highest BCUT2D eigenvalue weighted by atomic mass is 32.2. The summed E-state index contributed by atoms with van der Waals surface area (Å²) < 4.78 is 11.0. The number of rotatable bonds is 22. The van der Waals surface area contributed by atoms with Crippen molar-refractivity contribution in [3.05, 3.63) is 0 Å². The zero-order valence-corrected chi connectivity index (χ0v) is 23.8. The van der Waals surface area contributed by atoms with Gasteiger partial charge in [-0.25, -0.2) is 0 Å². The lowest BCUT2D eigenvalue weighted by molar-refractivity contribution is -0.144. The van der Waals surface area contributed by atoms with E-state index < -0.39 is 0 Å². The average Bonchev–Trinajstić information content (AvgIpc) is 2.83. The van der Waals surface area contributed by atoms with Crippen LogP contribution in [0.2, 0.25) is 0 Å². The molecule has 6 heteroatoms. The number of esters is 2. The highest BCUT2D eigenvalue weighted by Crippen LogP contribution is 2.48. The third-order valence-electron chi connectivity index (χ3n) is 6.48. The van der Waals surface area contributed by atoms with Gasteiger partial charge >= 0.3 is 11.9 Å². The van der Waals surface area contributed by atoms with E-state index in [9.17, 15) is 9.59 Å². The largest absolute Gasteiger partial charge is 0.466 e. The number of ether oxygens (including phenoxy) is 2. The monoisotopic (exact) mass is 516 g/mol. The van der Waals surface area contributed by atoms with Gasteiger partial charge in [0.25, 0.3) is 0 Å². The molecule has 0 aromatic heterocycles. The van der Waals surface area contributed by atoms with Crippen LogP contribution in [-0.4, -0.2) is 40.7 Å². The van der Waals surface area contributed by atoms with Crippen molar-refractivity contribution in [3.8, 4) is 0 Å². The van der Waals surface area contributed by atoms with Crippen molar-refractivity contribution in [3.63, 3.8) is 0 Å². The maximum Gasteiger partial charge on any atom is 0.306 e. The fraction of sp³-hybridized carbons (Fsp3) is 0.929. The Labute approximate surface area is 218 Å². The van der Waals surface area contributed by atoms with Gasteiger partial charge in [0.1, 0.15) is 0 Å². The van der Waals surface area contributed by atoms with Crippen molar-refractivity contribution >= 4 is 35.5 Å². The molecule has 0 atom stereocenters. The van der Waals surface area contributed by atoms with Crippen LogP contribution in [0.3, 0.4) is 0 Å². The lowest BCUT2D eigenvalue weighted by Gasteiger charge is -2.36. The van der Waals surface area contributed by atoms with Crippen LogP contribution < -0.4 is 0 Å². The molecule has 0 aliphatic heterocycles. The van der Waals surface area contributed by atoms with Gasteiger partial charge in [-0.15, -0.1) is 23.5 Å². The molecule has 0 heterocycles. The van der Waals surface area contributed by atoms with Crippen molar-refractivity contribution in [2.75, 3.05) is 24.7 Å². The molecule has 1 rings (SSSR count). The first-order valence-corrected chi connectivity index (χ1v) is 16.2. The molecule has 0 spiro atoms. The lowest BCUT2D eigenvalue weighted by atomic mass is 10.00. The predicted molar refractivity (Wildman–Crippen MR) is 149 cm³/mol. The number of carbonyl (C=O) groups is 2. The summed E-state index contributed by atoms with van der Waals surface area (Å²) in [5.41, 5.74) is 0. The summed E-state index contributed by atoms with van der Waals surface area (Å²) in [4.78, 5) is 24.2. The second kappa shape index (κ2) is 21.9. The molecule has 0 aromatic rings. The number of thioether (sulfide) groups is 2. The molecule has 0 radical (unpaired) electrons. The van der Waals surface area contributed by atoms with Crippen LogP contribution in [0.1, 0.15) is 136 Å². The van der Waals surface area contributed by atoms with Crippen LogP contribution in [-0.2, 0) is 19.1 Å². The molecule has 1 aliphatic carbocycles. The Morgan fingerprint density at radius 1 is 0.618 bits per heavy atom. The summed E-state index contributed by atoms with van der Waals surface area (Å²) in [5.74, 6) is 1.50. The first-order chi connectivity index (χ1) is 16.6. The molecule has 1 saturated carbocycles. The van der Waals surface area contributed by atoms with Crippen LogP contribution in [0, 0.1) is 0 Å². The van der Waals surface area contributed by atoms with Crippen LogP contribution in [0.15, 0.2) is 0 Å². The Kier molecular flexibility index (Phi) is 20.4. The molecule has 0 amide bonds. The summed E-state index contributed by atoms with van der Waals surface area (Å²) in [7, 11) is 0. The van der Waals surface area contributed by atoms with Gasteiger partial charge in [0.15, 0.2) is 0 Å². The molecule has 0 aromatic carbocycles. The van der Waals surface area contributed by atoms with E-state index >= 15 is 0 Å². The first kappa shape index (κ1) is 31.7. The smallest absolute Gasteiger partial charge is 0.306 e. The van der Waals surface area contributed by atoms with Gasteiger partial charge < -0.3 is 9.47 Å². The van der Waals surface area contributed by atoms with E-state index in [4.69, 9.17) is 9.47 Å². The van der Waals surface area contributed by atoms with Crippen LogP contribution in [0.4, 0.5) is 0 Å². The van der Waals surface area contributed by atoms with Crippen molar-refractivity contribution in [1.29, 1.82) is 0 Å². The van der Waals surface area contributed by atoms with Gasteiger partial charge in [-0.05, 0) is 25.7 Å². The normalized spacial score (nSPS) is 15.2. The maximum atomic E-state index is 12.1. The molecule has 1 aliphatic rings. The predicted octanol–water partition coefficient (Wildman–Crippen LogP) is 8.70. The van der Waals surface area contributed by atoms with Gasteiger partial charge in [-0.2, -0.15) is 0 Å². The van der Waals surface area contributed by atoms with Crippen molar-refractivity contribution < 1.29 is 19.1 Å². The molecule has 34 heavy (non-hydrogen) atoms. The van der Waals surface area contributed by atoms with Crippen molar-refractivity contribution in [1.82, 2.24) is 0 Å². The minimum Gasteiger partial charge on any atom is -0.466 e. The van der Waals surface area contributed by atoms with E-state index in [1.165, 1.54) is 83.5 Å². The third-order valence-corrected chi connectivity index (χ3v) is 9.87. The molecule has 0 bridgehead atoms. The number of hydrogen-bond donors (Lipinski definition) is 0. The number of unbranched alkanes of at least 4 members (excludes halogenated alkanes) is 10. The molecule has 0 N–H and O–H groups in total. The van der Waals surface area contributed by atoms with Crippen molar-refractivity contribution in [2.45, 2.75) is 140 Å². The van der Waals surface area contributed by atoms with E-state index in [0.29, 0.717) is 26.1 Å². The molecule has 1 fully saturated rings. The second-order valence-electron chi connectivity index (χ2n) is 9.64. The van der Waals surface area contributed by atoms with Crippen molar-refractivity contribution in [2.24, 2.45) is 0 Å². The Bertz CT molecular complexity index is 469. The fourth-order valence-electron chi connectivity index (χ4n) is 4.34. The lowest BCUT2D eigenvalue weighted by Crippen LogP contribution is -2.26. The van der Waals surface area contributed by atoms with E-state index in [1.54, 1.807) is 0 Å². The van der Waals surface area contributed by atoms with E-state index in [2.05, 4.69) is 13.8 Å². The molecule has 200 valence electrons. The number of carbonyl (C=O) groups excluding carboxylic acids is 2. The minimum atomic E-state index is -0.0599. The summed E-state index contributed by atoms with van der Waals surface area (Å²) >= 11 is 3.84. The molecule has 0 saturated heterocycles. The zero-order chi connectivity index (χ0) is 24.7. The highest BCUT2D eigenvalue weighted by Gasteiger charge is 2.33. The van der Waals surface area contributed by atoms with Gasteiger partial charge in [0, 0.05) is 11.5 Å². The van der Waals surface area contributed by atoms with Crippen LogP contribution in [0.5, 0.6) is 0 Å². The molecular formula is C28H52O4S2. The van der Waals surface area contributed by atoms with E-state index in [0.717, 1.165) is 37.2 Å². The number of hydrogen-bond acceptors (Lipinski definition) is 6. The average molecular weight is 517 g/mol. The summed E-state index contributed by atoms with van der Waals surface area (Å²) in [6.07, 6.45) is 21.6. The summed E-state index contributed by atoms with van der Waals surface area (Å²) in [5, 5.41) is 0. The Hall–Kier alpha value is -0.360. The first-order valence-electron chi connectivity index (χ1n) is 14.2. The van der Waals surface area contributed by atoms with Gasteiger partial charge in [-0.1, -0.05) is 97.3 Å². The SMILES string of the molecule is CCCCCCCCOC(=O)CCSC1(SCCC(=O)OCCCCCCCC)CCCCC1. The minimum absolute atomic E-state index is 0.0599. The Morgan fingerprint density at radius 3 is 1.47 bits per heavy atom. The Balaban J connectivity index is 2.16. The van der Waals surface area contributed by atoms with Gasteiger partial charge in [-0.3, -0.25) is 9.59 Å². The zero-order valence-electron chi connectivity index (χ0n) is 22.2. The van der Waals surface area contributed by atoms with Crippen LogP contribution >= 0.6 is 23.5 Å². The molecule has 0 unspecified atom stereocenters. The standard InChI is InChI=1S/C28H52O4S2/c1-3-5-7-9-11-16-22-31-26(29)18-24-33-28(20-14-13-15-21-28)34-25-19-27(30)32-23-17-12-10-8-6-4-2/h3-25H2,1-2H3. The van der Waals surface area contributed by atoms with E-state index in [-0.39, 0.29) is 16.0 Å². The maximum absolute atomic E-state index is 12.1.